The van der Waals surface area contributed by atoms with Crippen molar-refractivity contribution in [3.8, 4) is 11.5 Å². The molecule has 0 heterocycles. The van der Waals surface area contributed by atoms with Gasteiger partial charge in [-0.1, -0.05) is 6.07 Å². The number of carbonyl (C=O) groups excluding carboxylic acids is 2. The summed E-state index contributed by atoms with van der Waals surface area (Å²) < 4.78 is 10.5. The van der Waals surface area contributed by atoms with Crippen LogP contribution < -0.4 is 14.8 Å². The van der Waals surface area contributed by atoms with Crippen LogP contribution in [-0.4, -0.2) is 25.9 Å². The highest BCUT2D eigenvalue weighted by molar-refractivity contribution is 5.97. The summed E-state index contributed by atoms with van der Waals surface area (Å²) in [5, 5.41) is 2.95. The van der Waals surface area contributed by atoms with E-state index >= 15 is 0 Å². The minimum Gasteiger partial charge on any atom is -0.493 e. The molecule has 1 aliphatic rings. The van der Waals surface area contributed by atoms with Crippen LogP contribution in [0.4, 0.5) is 0 Å². The first-order valence-electron chi connectivity index (χ1n) is 6.54. The van der Waals surface area contributed by atoms with Crippen molar-refractivity contribution >= 4 is 11.7 Å². The van der Waals surface area contributed by atoms with E-state index in [1.165, 1.54) is 6.92 Å². The molecule has 1 saturated carbocycles. The Balaban J connectivity index is 2.18. The summed E-state index contributed by atoms with van der Waals surface area (Å²) in [5.41, 5.74) is 0.624. The molecule has 1 fully saturated rings. The van der Waals surface area contributed by atoms with Crippen molar-refractivity contribution in [1.82, 2.24) is 5.32 Å². The molecule has 0 saturated heterocycles. The van der Waals surface area contributed by atoms with Gasteiger partial charge in [-0.25, -0.2) is 0 Å². The molecule has 2 rings (SSSR count). The first kappa shape index (κ1) is 14.4. The van der Waals surface area contributed by atoms with Crippen LogP contribution in [-0.2, 0) is 15.1 Å². The van der Waals surface area contributed by atoms with Gasteiger partial charge in [-0.3, -0.25) is 9.59 Å². The van der Waals surface area contributed by atoms with Crippen LogP contribution in [0.2, 0.25) is 0 Å². The fraction of sp³-hybridized carbons (Fsp3) is 0.467. The van der Waals surface area contributed by atoms with E-state index < -0.39 is 0 Å². The molecule has 0 atom stereocenters. The van der Waals surface area contributed by atoms with E-state index in [1.54, 1.807) is 14.2 Å². The van der Waals surface area contributed by atoms with Crippen molar-refractivity contribution in [3.05, 3.63) is 23.8 Å². The average molecular weight is 277 g/mol. The minimum atomic E-state index is -0.355. The maximum absolute atomic E-state index is 11.8. The largest absolute Gasteiger partial charge is 0.493 e. The second-order valence-electron chi connectivity index (χ2n) is 5.08. The Labute approximate surface area is 118 Å². The summed E-state index contributed by atoms with van der Waals surface area (Å²) in [6.45, 7) is 1.41. The molecule has 1 N–H and O–H groups in total. The van der Waals surface area contributed by atoms with Crippen LogP contribution >= 0.6 is 0 Å². The van der Waals surface area contributed by atoms with Gasteiger partial charge in [0.1, 0.15) is 5.78 Å². The predicted molar refractivity (Wildman–Crippen MR) is 73.9 cm³/mol. The van der Waals surface area contributed by atoms with E-state index in [2.05, 4.69) is 5.32 Å². The zero-order chi connectivity index (χ0) is 14.8. The van der Waals surface area contributed by atoms with Crippen LogP contribution in [0.1, 0.15) is 31.7 Å². The number of ether oxygens (including phenoxy) is 2. The van der Waals surface area contributed by atoms with Gasteiger partial charge >= 0.3 is 0 Å². The summed E-state index contributed by atoms with van der Waals surface area (Å²) in [7, 11) is 3.16. The monoisotopic (exact) mass is 277 g/mol. The number of hydrogen-bond acceptors (Lipinski definition) is 4. The number of ketones is 1. The molecule has 20 heavy (non-hydrogen) atoms. The molecular formula is C15H19NO4. The lowest BCUT2D eigenvalue weighted by Gasteiger charge is -2.19. The van der Waals surface area contributed by atoms with E-state index in [0.717, 1.165) is 18.4 Å². The Hall–Kier alpha value is -2.04. The molecular weight excluding hydrogens is 258 g/mol. The Morgan fingerprint density at radius 1 is 1.20 bits per heavy atom. The first-order valence-corrected chi connectivity index (χ1v) is 6.54. The van der Waals surface area contributed by atoms with Gasteiger partial charge in [-0.2, -0.15) is 0 Å². The number of hydrogen-bond donors (Lipinski definition) is 1. The lowest BCUT2D eigenvalue weighted by atomic mass is 10.0. The summed E-state index contributed by atoms with van der Waals surface area (Å²) in [6.07, 6.45) is 1.66. The molecule has 0 unspecified atom stereocenters. The van der Waals surface area contributed by atoms with Gasteiger partial charge in [0.05, 0.1) is 26.2 Å². The van der Waals surface area contributed by atoms with Gasteiger partial charge < -0.3 is 14.8 Å². The Morgan fingerprint density at radius 3 is 2.35 bits per heavy atom. The topological polar surface area (TPSA) is 64.6 Å². The summed E-state index contributed by atoms with van der Waals surface area (Å²) in [5.74, 6) is 0.926. The van der Waals surface area contributed by atoms with Gasteiger partial charge in [0.2, 0.25) is 5.91 Å². The molecule has 1 aromatic rings. The van der Waals surface area contributed by atoms with Crippen LogP contribution in [0.25, 0.3) is 0 Å². The van der Waals surface area contributed by atoms with Crippen molar-refractivity contribution in [1.29, 1.82) is 0 Å². The Bertz CT molecular complexity index is 535. The molecule has 0 aliphatic heterocycles. The van der Waals surface area contributed by atoms with Gasteiger partial charge in [0.15, 0.2) is 11.5 Å². The van der Waals surface area contributed by atoms with Crippen LogP contribution in [0.3, 0.4) is 0 Å². The summed E-state index contributed by atoms with van der Waals surface area (Å²) in [4.78, 5) is 22.8. The second kappa shape index (κ2) is 5.53. The van der Waals surface area contributed by atoms with Gasteiger partial charge in [-0.05, 0) is 37.5 Å². The Kier molecular flexibility index (Phi) is 3.97. The van der Waals surface area contributed by atoms with Gasteiger partial charge in [0.25, 0.3) is 0 Å². The summed E-state index contributed by atoms with van der Waals surface area (Å²) >= 11 is 0. The first-order chi connectivity index (χ1) is 9.50. The summed E-state index contributed by atoms with van der Waals surface area (Å²) in [6, 6.07) is 5.62. The van der Waals surface area contributed by atoms with E-state index in [4.69, 9.17) is 9.47 Å². The standard InChI is InChI=1S/C15H19NO4/c1-10(17)8-14(18)16-15(6-7-15)11-4-5-12(19-2)13(9-11)20-3/h4-5,9H,6-8H2,1-3H3,(H,16,18). The van der Waals surface area contributed by atoms with E-state index in [1.807, 2.05) is 18.2 Å². The smallest absolute Gasteiger partial charge is 0.228 e. The van der Waals surface area contributed by atoms with Crippen LogP contribution in [0.5, 0.6) is 11.5 Å². The minimum absolute atomic E-state index is 0.0744. The number of Topliss-reactive ketones (excluding diaryl/α,β-unsaturated/α-hetero) is 1. The number of nitrogens with one attached hydrogen (secondary N) is 1. The van der Waals surface area contributed by atoms with Crippen molar-refractivity contribution < 1.29 is 19.1 Å². The molecule has 5 heteroatoms. The van der Waals surface area contributed by atoms with Crippen molar-refractivity contribution in [2.24, 2.45) is 0 Å². The second-order valence-corrected chi connectivity index (χ2v) is 5.08. The van der Waals surface area contributed by atoms with Gasteiger partial charge in [-0.15, -0.1) is 0 Å². The lowest BCUT2D eigenvalue weighted by Crippen LogP contribution is -2.35. The quantitative estimate of drug-likeness (QED) is 0.805. The maximum atomic E-state index is 11.8. The van der Waals surface area contributed by atoms with E-state index in [0.29, 0.717) is 11.5 Å². The molecule has 0 aromatic heterocycles. The van der Waals surface area contributed by atoms with Crippen molar-refractivity contribution in [2.75, 3.05) is 14.2 Å². The maximum Gasteiger partial charge on any atom is 0.228 e. The molecule has 5 nitrogen and oxygen atoms in total. The SMILES string of the molecule is COc1ccc(C2(NC(=O)CC(C)=O)CC2)cc1OC. The fourth-order valence-electron chi connectivity index (χ4n) is 2.28. The zero-order valence-electron chi connectivity index (χ0n) is 12.0. The van der Waals surface area contributed by atoms with Crippen LogP contribution in [0, 0.1) is 0 Å². The highest BCUT2D eigenvalue weighted by atomic mass is 16.5. The lowest BCUT2D eigenvalue weighted by molar-refractivity contribution is -0.127. The zero-order valence-corrected chi connectivity index (χ0v) is 12.0. The van der Waals surface area contributed by atoms with Crippen molar-refractivity contribution in [2.45, 2.75) is 31.7 Å². The molecule has 1 aromatic carbocycles. The van der Waals surface area contributed by atoms with Gasteiger partial charge in [0, 0.05) is 0 Å². The number of benzene rings is 1. The fourth-order valence-corrected chi connectivity index (χ4v) is 2.28. The predicted octanol–water partition coefficient (Wildman–Crippen LogP) is 1.79. The molecule has 0 radical (unpaired) electrons. The number of rotatable bonds is 6. The van der Waals surface area contributed by atoms with Crippen molar-refractivity contribution in [3.63, 3.8) is 0 Å². The highest BCUT2D eigenvalue weighted by Gasteiger charge is 2.46. The molecule has 0 bridgehead atoms. The van der Waals surface area contributed by atoms with Crippen LogP contribution in [0.15, 0.2) is 18.2 Å². The number of methoxy groups -OCH3 is 2. The Morgan fingerprint density at radius 2 is 1.85 bits per heavy atom. The molecule has 1 aliphatic carbocycles. The third kappa shape index (κ3) is 2.92. The van der Waals surface area contributed by atoms with E-state index in [9.17, 15) is 9.59 Å². The average Bonchev–Trinajstić information content (AvgIpc) is 3.17. The molecule has 0 spiro atoms. The molecule has 1 amide bonds. The number of amides is 1. The normalized spacial score (nSPS) is 15.3. The van der Waals surface area contributed by atoms with E-state index in [-0.39, 0.29) is 23.7 Å². The highest BCUT2D eigenvalue weighted by Crippen LogP contribution is 2.47. The number of carbonyl (C=O) groups is 2. The molecule has 108 valence electrons. The third-order valence-corrected chi connectivity index (χ3v) is 3.47. The third-order valence-electron chi connectivity index (χ3n) is 3.47.